The molecule has 0 aliphatic carbocycles. The average molecular weight is 671 g/mol. The number of benzene rings is 7. The molecule has 0 fully saturated rings. The summed E-state index contributed by atoms with van der Waals surface area (Å²) in [4.78, 5) is 20.4. The molecule has 0 atom stereocenters. The lowest BCUT2D eigenvalue weighted by Crippen LogP contribution is -2.00. The van der Waals surface area contributed by atoms with Gasteiger partial charge in [0.1, 0.15) is 5.01 Å². The van der Waals surface area contributed by atoms with E-state index >= 15 is 0 Å². The zero-order valence-corrected chi connectivity index (χ0v) is 28.3. The number of nitrogens with zero attached hydrogens (tertiary/aromatic N) is 4. The maximum atomic E-state index is 5.30. The summed E-state index contributed by atoms with van der Waals surface area (Å²) >= 11 is 1.69. The molecule has 0 radical (unpaired) electrons. The summed E-state index contributed by atoms with van der Waals surface area (Å²) in [6, 6.07) is 62.9. The minimum absolute atomic E-state index is 0.594. The molecule has 0 N–H and O–H groups in total. The van der Waals surface area contributed by atoms with Crippen LogP contribution in [0.3, 0.4) is 0 Å². The molecule has 0 spiro atoms. The van der Waals surface area contributed by atoms with E-state index in [2.05, 4.69) is 146 Å². The number of hydrogen-bond acceptors (Lipinski definition) is 5. The first kappa shape index (κ1) is 30.5. The molecule has 51 heavy (non-hydrogen) atoms. The van der Waals surface area contributed by atoms with E-state index in [1.165, 1.54) is 16.7 Å². The zero-order chi connectivity index (χ0) is 34.0. The fourth-order valence-corrected chi connectivity index (χ4v) is 7.36. The van der Waals surface area contributed by atoms with Crippen LogP contribution in [0.4, 0.5) is 0 Å². The lowest BCUT2D eigenvalue weighted by molar-refractivity contribution is 1.08. The van der Waals surface area contributed by atoms with Gasteiger partial charge in [-0.3, -0.25) is 0 Å². The van der Waals surface area contributed by atoms with Crippen LogP contribution in [0.1, 0.15) is 0 Å². The summed E-state index contributed by atoms with van der Waals surface area (Å²) in [5, 5.41) is 0.946. The van der Waals surface area contributed by atoms with Gasteiger partial charge in [0.05, 0.1) is 10.2 Å². The van der Waals surface area contributed by atoms with Crippen molar-refractivity contribution in [2.45, 2.75) is 0 Å². The molecule has 0 saturated heterocycles. The Kier molecular flexibility index (Phi) is 8.01. The van der Waals surface area contributed by atoms with Crippen LogP contribution in [0, 0.1) is 0 Å². The van der Waals surface area contributed by atoms with Gasteiger partial charge in [0.25, 0.3) is 0 Å². The zero-order valence-electron chi connectivity index (χ0n) is 27.5. The van der Waals surface area contributed by atoms with E-state index < -0.39 is 0 Å². The second kappa shape index (κ2) is 13.4. The lowest BCUT2D eigenvalue weighted by atomic mass is 9.96. The highest BCUT2D eigenvalue weighted by molar-refractivity contribution is 7.21. The molecular formula is C46H30N4S. The number of fused-ring (bicyclic) bond motifs is 1. The topological polar surface area (TPSA) is 51.6 Å². The fraction of sp³-hybridized carbons (Fsp3) is 0. The van der Waals surface area contributed by atoms with Crippen molar-refractivity contribution in [1.82, 2.24) is 19.9 Å². The maximum absolute atomic E-state index is 5.30. The predicted octanol–water partition coefficient (Wildman–Crippen LogP) is 12.2. The van der Waals surface area contributed by atoms with E-state index in [1.807, 2.05) is 36.4 Å². The minimum atomic E-state index is 0.594. The van der Waals surface area contributed by atoms with E-state index in [0.29, 0.717) is 17.5 Å². The van der Waals surface area contributed by atoms with Crippen molar-refractivity contribution in [2.24, 2.45) is 0 Å². The number of aromatic nitrogens is 4. The molecule has 0 aliphatic heterocycles. The van der Waals surface area contributed by atoms with Gasteiger partial charge in [0.15, 0.2) is 17.5 Å². The summed E-state index contributed by atoms with van der Waals surface area (Å²) in [7, 11) is 0. The van der Waals surface area contributed by atoms with Crippen LogP contribution in [0.25, 0.3) is 88.3 Å². The Morgan fingerprint density at radius 2 is 0.706 bits per heavy atom. The van der Waals surface area contributed by atoms with Crippen LogP contribution in [-0.2, 0) is 0 Å². The summed E-state index contributed by atoms with van der Waals surface area (Å²) in [5.74, 6) is 1.84. The van der Waals surface area contributed by atoms with E-state index in [-0.39, 0.29) is 0 Å². The molecule has 2 heterocycles. The number of rotatable bonds is 7. The maximum Gasteiger partial charge on any atom is 0.166 e. The third-order valence-electron chi connectivity index (χ3n) is 8.97. The van der Waals surface area contributed by atoms with Gasteiger partial charge in [-0.1, -0.05) is 152 Å². The Morgan fingerprint density at radius 1 is 0.294 bits per heavy atom. The minimum Gasteiger partial charge on any atom is -0.235 e. The molecule has 0 aliphatic rings. The van der Waals surface area contributed by atoms with Gasteiger partial charge >= 0.3 is 0 Å². The summed E-state index contributed by atoms with van der Waals surface area (Å²) in [6.07, 6.45) is 0. The second-order valence-electron chi connectivity index (χ2n) is 12.3. The summed E-state index contributed by atoms with van der Waals surface area (Å²) < 4.78 is 1.07. The first-order valence-corrected chi connectivity index (χ1v) is 17.7. The van der Waals surface area contributed by atoms with Crippen molar-refractivity contribution in [2.75, 3.05) is 0 Å². The fourth-order valence-electron chi connectivity index (χ4n) is 6.38. The Labute approximate surface area is 300 Å². The predicted molar refractivity (Wildman–Crippen MR) is 211 cm³/mol. The monoisotopic (exact) mass is 670 g/mol. The van der Waals surface area contributed by atoms with Crippen molar-refractivity contribution in [3.63, 3.8) is 0 Å². The molecule has 0 amide bonds. The molecule has 7 aromatic carbocycles. The van der Waals surface area contributed by atoms with Gasteiger partial charge in [-0.15, -0.1) is 11.3 Å². The van der Waals surface area contributed by atoms with E-state index in [1.54, 1.807) is 11.3 Å². The summed E-state index contributed by atoms with van der Waals surface area (Å²) in [5.41, 5.74) is 11.6. The molecule has 0 bridgehead atoms. The number of para-hydroxylation sites is 1. The van der Waals surface area contributed by atoms with Gasteiger partial charge < -0.3 is 0 Å². The third-order valence-corrected chi connectivity index (χ3v) is 10.0. The Balaban J connectivity index is 1.18. The van der Waals surface area contributed by atoms with Gasteiger partial charge in [0, 0.05) is 22.3 Å². The molecular weight excluding hydrogens is 641 g/mol. The van der Waals surface area contributed by atoms with Gasteiger partial charge in [-0.2, -0.15) is 0 Å². The quantitative estimate of drug-likeness (QED) is 0.169. The Bertz CT molecular complexity index is 2540. The highest BCUT2D eigenvalue weighted by Crippen LogP contribution is 2.39. The smallest absolute Gasteiger partial charge is 0.166 e. The highest BCUT2D eigenvalue weighted by Gasteiger charge is 2.18. The van der Waals surface area contributed by atoms with E-state index in [4.69, 9.17) is 19.9 Å². The van der Waals surface area contributed by atoms with Crippen molar-refractivity contribution in [3.8, 4) is 78.1 Å². The number of hydrogen-bond donors (Lipinski definition) is 0. The second-order valence-corrected chi connectivity index (χ2v) is 13.3. The Hall–Kier alpha value is -6.56. The number of thiazole rings is 1. The van der Waals surface area contributed by atoms with Gasteiger partial charge in [-0.25, -0.2) is 19.9 Å². The normalized spacial score (nSPS) is 11.1. The molecule has 9 rings (SSSR count). The SMILES string of the molecule is c1ccc(-c2ccc(-c3nc(-c4ccccc4)nc(-c4cccc5sc(-c6cc(-c7ccccc7)cc(-c7ccccc7)c6)nc45)n3)cc2)cc1. The van der Waals surface area contributed by atoms with Gasteiger partial charge in [0.2, 0.25) is 0 Å². The van der Waals surface area contributed by atoms with Crippen LogP contribution < -0.4 is 0 Å². The van der Waals surface area contributed by atoms with E-state index in [9.17, 15) is 0 Å². The first-order valence-electron chi connectivity index (χ1n) is 16.9. The molecule has 4 nitrogen and oxygen atoms in total. The molecule has 240 valence electrons. The van der Waals surface area contributed by atoms with Crippen LogP contribution in [0.15, 0.2) is 182 Å². The standard InChI is InChI=1S/C46H30N4S/c1-5-14-31(15-6-1)34-24-26-36(27-25-34)44-48-43(35-20-11-4-12-21-35)49-45(50-44)40-22-13-23-41-42(40)47-46(51-41)39-29-37(32-16-7-2-8-17-32)28-38(30-39)33-18-9-3-10-19-33/h1-30H. The van der Waals surface area contributed by atoms with Crippen molar-refractivity contribution in [3.05, 3.63) is 182 Å². The van der Waals surface area contributed by atoms with Crippen molar-refractivity contribution < 1.29 is 0 Å². The largest absolute Gasteiger partial charge is 0.235 e. The van der Waals surface area contributed by atoms with Crippen LogP contribution in [0.5, 0.6) is 0 Å². The molecule has 9 aromatic rings. The van der Waals surface area contributed by atoms with Crippen molar-refractivity contribution in [1.29, 1.82) is 0 Å². The van der Waals surface area contributed by atoms with Crippen molar-refractivity contribution >= 4 is 21.6 Å². The first-order chi connectivity index (χ1) is 25.2. The van der Waals surface area contributed by atoms with Gasteiger partial charge in [-0.05, 0) is 63.7 Å². The molecule has 5 heteroatoms. The molecule has 0 unspecified atom stereocenters. The average Bonchev–Trinajstić information content (AvgIpc) is 3.67. The van der Waals surface area contributed by atoms with E-state index in [0.717, 1.165) is 54.2 Å². The van der Waals surface area contributed by atoms with Crippen LogP contribution in [0.2, 0.25) is 0 Å². The lowest BCUT2D eigenvalue weighted by Gasteiger charge is -2.10. The summed E-state index contributed by atoms with van der Waals surface area (Å²) in [6.45, 7) is 0. The molecule has 0 saturated carbocycles. The Morgan fingerprint density at radius 3 is 1.25 bits per heavy atom. The van der Waals surface area contributed by atoms with Crippen LogP contribution in [-0.4, -0.2) is 19.9 Å². The van der Waals surface area contributed by atoms with Crippen LogP contribution >= 0.6 is 11.3 Å². The third kappa shape index (κ3) is 6.23. The molecule has 2 aromatic heterocycles. The highest BCUT2D eigenvalue weighted by atomic mass is 32.1.